The standard InChI is InChI=1S/C26H28N2O2/c1-4-21-13-15-23(16-14-21)26(30)28(18-22-9-6-5-7-10-22)19(2)24-11-8-12-25(17-24)27-20(3)29/h5-17,19H,4,18H2,1-3H3,(H,27,29). The number of nitrogens with one attached hydrogen (secondary N) is 1. The number of amides is 2. The molecule has 0 aromatic heterocycles. The average Bonchev–Trinajstić information content (AvgIpc) is 2.77. The zero-order chi connectivity index (χ0) is 21.5. The van der Waals surface area contributed by atoms with Crippen molar-refractivity contribution in [3.8, 4) is 0 Å². The zero-order valence-electron chi connectivity index (χ0n) is 17.8. The van der Waals surface area contributed by atoms with Gasteiger partial charge in [0, 0.05) is 24.7 Å². The smallest absolute Gasteiger partial charge is 0.254 e. The van der Waals surface area contributed by atoms with Gasteiger partial charge in [-0.3, -0.25) is 9.59 Å². The van der Waals surface area contributed by atoms with Crippen molar-refractivity contribution in [1.82, 2.24) is 4.90 Å². The van der Waals surface area contributed by atoms with Crippen molar-refractivity contribution >= 4 is 17.5 Å². The van der Waals surface area contributed by atoms with Crippen LogP contribution in [0.25, 0.3) is 0 Å². The Morgan fingerprint density at radius 2 is 1.60 bits per heavy atom. The van der Waals surface area contributed by atoms with Crippen LogP contribution >= 0.6 is 0 Å². The van der Waals surface area contributed by atoms with E-state index in [1.165, 1.54) is 12.5 Å². The van der Waals surface area contributed by atoms with Crippen LogP contribution in [0.3, 0.4) is 0 Å². The SMILES string of the molecule is CCc1ccc(C(=O)N(Cc2ccccc2)C(C)c2cccc(NC(C)=O)c2)cc1. The first-order valence-corrected chi connectivity index (χ1v) is 10.3. The fraction of sp³-hybridized carbons (Fsp3) is 0.231. The Bertz CT molecular complexity index is 997. The van der Waals surface area contributed by atoms with E-state index in [-0.39, 0.29) is 17.9 Å². The van der Waals surface area contributed by atoms with Gasteiger partial charge in [0.25, 0.3) is 5.91 Å². The summed E-state index contributed by atoms with van der Waals surface area (Å²) >= 11 is 0. The Kier molecular flexibility index (Phi) is 7.02. The summed E-state index contributed by atoms with van der Waals surface area (Å²) < 4.78 is 0. The maximum Gasteiger partial charge on any atom is 0.254 e. The number of nitrogens with zero attached hydrogens (tertiary/aromatic N) is 1. The molecular weight excluding hydrogens is 372 g/mol. The minimum absolute atomic E-state index is 0.0149. The van der Waals surface area contributed by atoms with Crippen molar-refractivity contribution in [1.29, 1.82) is 0 Å². The Balaban J connectivity index is 1.93. The predicted molar refractivity (Wildman–Crippen MR) is 121 cm³/mol. The summed E-state index contributed by atoms with van der Waals surface area (Å²) in [5, 5.41) is 2.82. The van der Waals surface area contributed by atoms with Gasteiger partial charge in [0.1, 0.15) is 0 Å². The molecule has 0 heterocycles. The first kappa shape index (κ1) is 21.3. The summed E-state index contributed by atoms with van der Waals surface area (Å²) in [6.07, 6.45) is 0.939. The maximum atomic E-state index is 13.5. The molecule has 0 saturated heterocycles. The normalized spacial score (nSPS) is 11.6. The van der Waals surface area contributed by atoms with Crippen LogP contribution in [0, 0.1) is 0 Å². The third kappa shape index (κ3) is 5.35. The topological polar surface area (TPSA) is 49.4 Å². The maximum absolute atomic E-state index is 13.5. The lowest BCUT2D eigenvalue weighted by Crippen LogP contribution is -2.33. The van der Waals surface area contributed by atoms with E-state index >= 15 is 0 Å². The van der Waals surface area contributed by atoms with Gasteiger partial charge in [-0.05, 0) is 54.3 Å². The highest BCUT2D eigenvalue weighted by atomic mass is 16.2. The second-order valence-electron chi connectivity index (χ2n) is 7.45. The number of carbonyl (C=O) groups excluding carboxylic acids is 2. The summed E-state index contributed by atoms with van der Waals surface area (Å²) in [4.78, 5) is 26.8. The third-order valence-electron chi connectivity index (χ3n) is 5.22. The minimum atomic E-state index is -0.169. The Hall–Kier alpha value is -3.40. The van der Waals surface area contributed by atoms with Crippen LogP contribution in [0.15, 0.2) is 78.9 Å². The first-order valence-electron chi connectivity index (χ1n) is 10.3. The van der Waals surface area contributed by atoms with Gasteiger partial charge in [0.05, 0.1) is 6.04 Å². The molecule has 2 amide bonds. The molecule has 154 valence electrons. The molecule has 0 spiro atoms. The lowest BCUT2D eigenvalue weighted by molar-refractivity contribution is -0.114. The number of benzene rings is 3. The van der Waals surface area contributed by atoms with Crippen LogP contribution in [0.1, 0.15) is 53.9 Å². The lowest BCUT2D eigenvalue weighted by atomic mass is 10.0. The molecule has 0 fully saturated rings. The molecule has 0 aliphatic heterocycles. The molecule has 1 atom stereocenters. The number of rotatable bonds is 7. The summed E-state index contributed by atoms with van der Waals surface area (Å²) in [5.41, 5.74) is 4.65. The van der Waals surface area contributed by atoms with E-state index in [2.05, 4.69) is 12.2 Å². The van der Waals surface area contributed by atoms with Crippen LogP contribution < -0.4 is 5.32 Å². The van der Waals surface area contributed by atoms with Crippen LogP contribution in [-0.2, 0) is 17.8 Å². The minimum Gasteiger partial charge on any atom is -0.328 e. The summed E-state index contributed by atoms with van der Waals surface area (Å²) in [7, 11) is 0. The Morgan fingerprint density at radius 1 is 0.900 bits per heavy atom. The van der Waals surface area contributed by atoms with Crippen LogP contribution in [0.4, 0.5) is 5.69 Å². The summed E-state index contributed by atoms with van der Waals surface area (Å²) in [6, 6.07) is 25.3. The highest BCUT2D eigenvalue weighted by molar-refractivity contribution is 5.94. The van der Waals surface area contributed by atoms with Gasteiger partial charge in [-0.2, -0.15) is 0 Å². The fourth-order valence-corrected chi connectivity index (χ4v) is 3.47. The largest absolute Gasteiger partial charge is 0.328 e. The van der Waals surface area contributed by atoms with Gasteiger partial charge >= 0.3 is 0 Å². The molecule has 0 bridgehead atoms. The van der Waals surface area contributed by atoms with Crippen molar-refractivity contribution in [3.63, 3.8) is 0 Å². The van der Waals surface area contributed by atoms with Gasteiger partial charge < -0.3 is 10.2 Å². The summed E-state index contributed by atoms with van der Waals surface area (Å²) in [6.45, 7) is 6.11. The van der Waals surface area contributed by atoms with E-state index in [4.69, 9.17) is 0 Å². The second-order valence-corrected chi connectivity index (χ2v) is 7.45. The number of hydrogen-bond donors (Lipinski definition) is 1. The molecule has 4 nitrogen and oxygen atoms in total. The van der Waals surface area contributed by atoms with Crippen molar-refractivity contribution in [2.45, 2.75) is 39.8 Å². The van der Waals surface area contributed by atoms with Gasteiger partial charge in [0.2, 0.25) is 5.91 Å². The molecule has 0 aliphatic rings. The molecular formula is C26H28N2O2. The highest BCUT2D eigenvalue weighted by Crippen LogP contribution is 2.27. The first-order chi connectivity index (χ1) is 14.5. The van der Waals surface area contributed by atoms with E-state index in [0.717, 1.165) is 23.2 Å². The van der Waals surface area contributed by atoms with Crippen molar-refractivity contribution in [3.05, 3.63) is 101 Å². The molecule has 0 aliphatic carbocycles. The number of hydrogen-bond acceptors (Lipinski definition) is 2. The van der Waals surface area contributed by atoms with Crippen molar-refractivity contribution < 1.29 is 9.59 Å². The molecule has 30 heavy (non-hydrogen) atoms. The molecule has 1 unspecified atom stereocenters. The average molecular weight is 401 g/mol. The second kappa shape index (κ2) is 9.88. The highest BCUT2D eigenvalue weighted by Gasteiger charge is 2.23. The quantitative estimate of drug-likeness (QED) is 0.560. The van der Waals surface area contributed by atoms with Crippen molar-refractivity contribution in [2.24, 2.45) is 0 Å². The molecule has 3 aromatic rings. The Labute approximate surface area is 178 Å². The van der Waals surface area contributed by atoms with Gasteiger partial charge in [-0.1, -0.05) is 61.5 Å². The fourth-order valence-electron chi connectivity index (χ4n) is 3.47. The van der Waals surface area contributed by atoms with Gasteiger partial charge in [0.15, 0.2) is 0 Å². The van der Waals surface area contributed by atoms with Gasteiger partial charge in [-0.15, -0.1) is 0 Å². The van der Waals surface area contributed by atoms with E-state index in [9.17, 15) is 9.59 Å². The summed E-state index contributed by atoms with van der Waals surface area (Å²) in [5.74, 6) is -0.132. The van der Waals surface area contributed by atoms with Crippen LogP contribution in [0.2, 0.25) is 0 Å². The molecule has 0 radical (unpaired) electrons. The monoisotopic (exact) mass is 400 g/mol. The molecule has 4 heteroatoms. The van der Waals surface area contributed by atoms with E-state index in [0.29, 0.717) is 12.1 Å². The van der Waals surface area contributed by atoms with Crippen molar-refractivity contribution in [2.75, 3.05) is 5.32 Å². The van der Waals surface area contributed by atoms with E-state index in [1.54, 1.807) is 0 Å². The van der Waals surface area contributed by atoms with E-state index < -0.39 is 0 Å². The van der Waals surface area contributed by atoms with E-state index in [1.807, 2.05) is 90.7 Å². The molecule has 3 aromatic carbocycles. The lowest BCUT2D eigenvalue weighted by Gasteiger charge is -2.30. The third-order valence-corrected chi connectivity index (χ3v) is 5.22. The number of anilines is 1. The predicted octanol–water partition coefficient (Wildman–Crippen LogP) is 5.61. The van der Waals surface area contributed by atoms with Crippen LogP contribution in [0.5, 0.6) is 0 Å². The Morgan fingerprint density at radius 3 is 2.23 bits per heavy atom. The zero-order valence-corrected chi connectivity index (χ0v) is 17.8. The van der Waals surface area contributed by atoms with Crippen LogP contribution in [-0.4, -0.2) is 16.7 Å². The number of aryl methyl sites for hydroxylation is 1. The molecule has 1 N–H and O–H groups in total. The molecule has 3 rings (SSSR count). The number of carbonyl (C=O) groups is 2. The molecule has 0 saturated carbocycles. The van der Waals surface area contributed by atoms with Gasteiger partial charge in [-0.25, -0.2) is 0 Å².